The Balaban J connectivity index is 1.71. The SMILES string of the molecule is CCc1cc2c(NCC(C(C)C)N3CCN(C)CC3)ncnc2s1. The minimum Gasteiger partial charge on any atom is -0.368 e. The van der Waals surface area contributed by atoms with Gasteiger partial charge < -0.3 is 10.2 Å². The fraction of sp³-hybridized carbons (Fsp3) is 0.667. The summed E-state index contributed by atoms with van der Waals surface area (Å²) in [4.78, 5) is 16.4. The number of nitrogens with zero attached hydrogens (tertiary/aromatic N) is 4. The zero-order chi connectivity index (χ0) is 17.1. The first kappa shape index (κ1) is 17.6. The second-order valence-corrected chi connectivity index (χ2v) is 8.15. The smallest absolute Gasteiger partial charge is 0.138 e. The summed E-state index contributed by atoms with van der Waals surface area (Å²) in [6.45, 7) is 12.4. The van der Waals surface area contributed by atoms with E-state index in [9.17, 15) is 0 Å². The molecule has 3 rings (SSSR count). The average Bonchev–Trinajstić information content (AvgIpc) is 3.00. The minimum atomic E-state index is 0.535. The lowest BCUT2D eigenvalue weighted by Crippen LogP contribution is -2.52. The van der Waals surface area contributed by atoms with Crippen LogP contribution < -0.4 is 5.32 Å². The molecule has 1 saturated heterocycles. The quantitative estimate of drug-likeness (QED) is 0.870. The molecule has 1 aliphatic rings. The second-order valence-electron chi connectivity index (χ2n) is 7.04. The topological polar surface area (TPSA) is 44.3 Å². The highest BCUT2D eigenvalue weighted by atomic mass is 32.1. The lowest BCUT2D eigenvalue weighted by atomic mass is 10.0. The van der Waals surface area contributed by atoms with E-state index in [2.05, 4.69) is 59.0 Å². The average molecular weight is 348 g/mol. The summed E-state index contributed by atoms with van der Waals surface area (Å²) in [5.74, 6) is 1.60. The largest absolute Gasteiger partial charge is 0.368 e. The number of nitrogens with one attached hydrogen (secondary N) is 1. The molecule has 132 valence electrons. The summed E-state index contributed by atoms with van der Waals surface area (Å²) in [6, 6.07) is 2.77. The van der Waals surface area contributed by atoms with Gasteiger partial charge >= 0.3 is 0 Å². The Morgan fingerprint density at radius 2 is 1.96 bits per heavy atom. The minimum absolute atomic E-state index is 0.535. The van der Waals surface area contributed by atoms with Crippen LogP contribution in [0.3, 0.4) is 0 Å². The van der Waals surface area contributed by atoms with E-state index < -0.39 is 0 Å². The molecule has 1 atom stereocenters. The van der Waals surface area contributed by atoms with Gasteiger partial charge in [0.2, 0.25) is 0 Å². The number of anilines is 1. The van der Waals surface area contributed by atoms with Gasteiger partial charge in [-0.3, -0.25) is 4.90 Å². The molecule has 2 aromatic heterocycles. The number of aromatic nitrogens is 2. The maximum Gasteiger partial charge on any atom is 0.138 e. The van der Waals surface area contributed by atoms with Crippen LogP contribution in [0.4, 0.5) is 5.82 Å². The van der Waals surface area contributed by atoms with Crippen molar-refractivity contribution in [3.8, 4) is 0 Å². The Hall–Kier alpha value is -1.24. The van der Waals surface area contributed by atoms with E-state index in [1.54, 1.807) is 17.7 Å². The number of thiophene rings is 1. The maximum atomic E-state index is 4.50. The molecule has 1 aliphatic heterocycles. The van der Waals surface area contributed by atoms with Crippen LogP contribution in [0.1, 0.15) is 25.6 Å². The van der Waals surface area contributed by atoms with Gasteiger partial charge in [-0.05, 0) is 25.5 Å². The van der Waals surface area contributed by atoms with E-state index in [1.165, 1.54) is 10.3 Å². The normalized spacial score (nSPS) is 18.4. The van der Waals surface area contributed by atoms with E-state index in [0.29, 0.717) is 12.0 Å². The van der Waals surface area contributed by atoms with Crippen molar-refractivity contribution >= 4 is 27.4 Å². The first-order valence-corrected chi connectivity index (χ1v) is 9.80. The van der Waals surface area contributed by atoms with Gasteiger partial charge in [0.1, 0.15) is 17.0 Å². The molecular formula is C18H29N5S. The van der Waals surface area contributed by atoms with Crippen molar-refractivity contribution in [2.45, 2.75) is 33.2 Å². The van der Waals surface area contributed by atoms with Crippen LogP contribution in [0.25, 0.3) is 10.2 Å². The molecule has 0 bridgehead atoms. The Morgan fingerprint density at radius 3 is 2.62 bits per heavy atom. The molecule has 3 heterocycles. The second kappa shape index (κ2) is 7.76. The van der Waals surface area contributed by atoms with Crippen molar-refractivity contribution in [2.75, 3.05) is 45.1 Å². The van der Waals surface area contributed by atoms with Crippen LogP contribution in [-0.4, -0.2) is 65.6 Å². The van der Waals surface area contributed by atoms with Crippen molar-refractivity contribution in [1.82, 2.24) is 19.8 Å². The number of fused-ring (bicyclic) bond motifs is 1. The van der Waals surface area contributed by atoms with Gasteiger partial charge in [0.05, 0.1) is 5.39 Å². The van der Waals surface area contributed by atoms with E-state index >= 15 is 0 Å². The van der Waals surface area contributed by atoms with Crippen molar-refractivity contribution in [3.63, 3.8) is 0 Å². The van der Waals surface area contributed by atoms with Gasteiger partial charge in [-0.15, -0.1) is 11.3 Å². The molecule has 0 radical (unpaired) electrons. The number of rotatable bonds is 6. The summed E-state index contributed by atoms with van der Waals surface area (Å²) in [7, 11) is 2.21. The standard InChI is InChI=1S/C18H29N5S/c1-5-14-10-15-17(20-12-21-18(15)24-14)19-11-16(13(2)3)23-8-6-22(4)7-9-23/h10,12-13,16H,5-9,11H2,1-4H3,(H,19,20,21). The molecule has 5 nitrogen and oxygen atoms in total. The maximum absolute atomic E-state index is 4.50. The van der Waals surface area contributed by atoms with Gasteiger partial charge in [0, 0.05) is 43.6 Å². The Morgan fingerprint density at radius 1 is 1.21 bits per heavy atom. The number of hydrogen-bond acceptors (Lipinski definition) is 6. The highest BCUT2D eigenvalue weighted by Crippen LogP contribution is 2.28. The molecule has 0 spiro atoms. The first-order chi connectivity index (χ1) is 11.6. The zero-order valence-electron chi connectivity index (χ0n) is 15.2. The van der Waals surface area contributed by atoms with E-state index in [-0.39, 0.29) is 0 Å². The number of hydrogen-bond donors (Lipinski definition) is 1. The summed E-state index contributed by atoms with van der Waals surface area (Å²) < 4.78 is 0. The van der Waals surface area contributed by atoms with Gasteiger partial charge in [-0.1, -0.05) is 20.8 Å². The molecule has 2 aromatic rings. The highest BCUT2D eigenvalue weighted by molar-refractivity contribution is 7.18. The number of likely N-dealkylation sites (N-methyl/N-ethyl adjacent to an activating group) is 1. The summed E-state index contributed by atoms with van der Waals surface area (Å²) in [5.41, 5.74) is 0. The van der Waals surface area contributed by atoms with Crippen molar-refractivity contribution in [2.24, 2.45) is 5.92 Å². The molecule has 0 amide bonds. The molecular weight excluding hydrogens is 318 g/mol. The third kappa shape index (κ3) is 3.87. The van der Waals surface area contributed by atoms with E-state index in [4.69, 9.17) is 0 Å². The summed E-state index contributed by atoms with van der Waals surface area (Å²) >= 11 is 1.77. The zero-order valence-corrected chi connectivity index (χ0v) is 16.1. The van der Waals surface area contributed by atoms with Gasteiger partial charge in [0.25, 0.3) is 0 Å². The molecule has 1 unspecified atom stereocenters. The molecule has 0 saturated carbocycles. The van der Waals surface area contributed by atoms with Crippen LogP contribution in [0.2, 0.25) is 0 Å². The fourth-order valence-electron chi connectivity index (χ4n) is 3.36. The van der Waals surface area contributed by atoms with Crippen molar-refractivity contribution in [3.05, 3.63) is 17.3 Å². The third-order valence-corrected chi connectivity index (χ3v) is 6.17. The first-order valence-electron chi connectivity index (χ1n) is 8.98. The van der Waals surface area contributed by atoms with Crippen molar-refractivity contribution in [1.29, 1.82) is 0 Å². The van der Waals surface area contributed by atoms with Crippen LogP contribution in [0, 0.1) is 5.92 Å². The highest BCUT2D eigenvalue weighted by Gasteiger charge is 2.25. The molecule has 1 N–H and O–H groups in total. The Kier molecular flexibility index (Phi) is 5.69. The third-order valence-electron chi connectivity index (χ3n) is 4.98. The predicted molar refractivity (Wildman–Crippen MR) is 103 cm³/mol. The van der Waals surface area contributed by atoms with Gasteiger partial charge in [-0.2, -0.15) is 0 Å². The summed E-state index contributed by atoms with van der Waals surface area (Å²) in [5, 5.41) is 4.78. The predicted octanol–water partition coefficient (Wildman–Crippen LogP) is 2.94. The fourth-order valence-corrected chi connectivity index (χ4v) is 4.30. The van der Waals surface area contributed by atoms with Crippen molar-refractivity contribution < 1.29 is 0 Å². The molecule has 24 heavy (non-hydrogen) atoms. The van der Waals surface area contributed by atoms with Gasteiger partial charge in [-0.25, -0.2) is 9.97 Å². The molecule has 1 fully saturated rings. The lowest BCUT2D eigenvalue weighted by molar-refractivity contribution is 0.0944. The van der Waals surface area contributed by atoms with Crippen LogP contribution in [0.15, 0.2) is 12.4 Å². The number of piperazine rings is 1. The molecule has 6 heteroatoms. The summed E-state index contributed by atoms with van der Waals surface area (Å²) in [6.07, 6.45) is 2.73. The van der Waals surface area contributed by atoms with E-state index in [1.807, 2.05) is 0 Å². The molecule has 0 aromatic carbocycles. The van der Waals surface area contributed by atoms with E-state index in [0.717, 1.165) is 49.8 Å². The number of aryl methyl sites for hydroxylation is 1. The Labute approximate surface area is 149 Å². The van der Waals surface area contributed by atoms with Crippen LogP contribution in [0.5, 0.6) is 0 Å². The Bertz CT molecular complexity index is 660. The van der Waals surface area contributed by atoms with Crippen LogP contribution >= 0.6 is 11.3 Å². The van der Waals surface area contributed by atoms with Gasteiger partial charge in [0.15, 0.2) is 0 Å². The molecule has 0 aliphatic carbocycles. The van der Waals surface area contributed by atoms with Crippen LogP contribution in [-0.2, 0) is 6.42 Å². The monoisotopic (exact) mass is 347 g/mol. The lowest BCUT2D eigenvalue weighted by Gasteiger charge is -2.40.